The van der Waals surface area contributed by atoms with Crippen molar-refractivity contribution in [3.8, 4) is 5.75 Å². The van der Waals surface area contributed by atoms with E-state index >= 15 is 0 Å². The van der Waals surface area contributed by atoms with E-state index in [4.69, 9.17) is 9.26 Å². The van der Waals surface area contributed by atoms with Crippen LogP contribution in [0, 0.1) is 6.92 Å². The Kier molecular flexibility index (Phi) is 3.72. The lowest BCUT2D eigenvalue weighted by Gasteiger charge is -2.09. The monoisotopic (exact) mass is 233 g/mol. The molecule has 1 N–H and O–H groups in total. The molecule has 0 aromatic carbocycles. The molecule has 0 atom stereocenters. The van der Waals surface area contributed by atoms with Gasteiger partial charge in [0.25, 0.3) is 0 Å². The van der Waals surface area contributed by atoms with Crippen molar-refractivity contribution in [2.75, 3.05) is 7.05 Å². The number of hydrogen-bond acceptors (Lipinski definition) is 5. The molecule has 0 amide bonds. The number of rotatable bonds is 5. The summed E-state index contributed by atoms with van der Waals surface area (Å²) in [7, 11) is 1.88. The first-order chi connectivity index (χ1) is 8.29. The Morgan fingerprint density at radius 1 is 1.35 bits per heavy atom. The van der Waals surface area contributed by atoms with Gasteiger partial charge < -0.3 is 14.6 Å². The van der Waals surface area contributed by atoms with Gasteiger partial charge in [0.2, 0.25) is 0 Å². The van der Waals surface area contributed by atoms with Crippen LogP contribution in [0.3, 0.4) is 0 Å². The van der Waals surface area contributed by atoms with Gasteiger partial charge >= 0.3 is 0 Å². The van der Waals surface area contributed by atoms with Crippen LogP contribution in [0.2, 0.25) is 0 Å². The quantitative estimate of drug-likeness (QED) is 0.851. The zero-order valence-electron chi connectivity index (χ0n) is 9.93. The molecule has 2 rings (SSSR count). The first-order valence-corrected chi connectivity index (χ1v) is 5.43. The summed E-state index contributed by atoms with van der Waals surface area (Å²) >= 11 is 0. The zero-order valence-corrected chi connectivity index (χ0v) is 9.93. The Morgan fingerprint density at radius 2 is 2.24 bits per heavy atom. The molecular weight excluding hydrogens is 218 g/mol. The third-order valence-electron chi connectivity index (χ3n) is 2.28. The fourth-order valence-electron chi connectivity index (χ4n) is 1.49. The molecule has 0 aliphatic carbocycles. The Hall–Kier alpha value is -1.88. The lowest BCUT2D eigenvalue weighted by atomic mass is 10.3. The molecular formula is C12H15N3O2. The summed E-state index contributed by atoms with van der Waals surface area (Å²) in [5, 5.41) is 6.69. The summed E-state index contributed by atoms with van der Waals surface area (Å²) in [5.74, 6) is 1.46. The molecule has 0 radical (unpaired) electrons. The Morgan fingerprint density at radius 3 is 2.94 bits per heavy atom. The Labute approximate surface area is 99.8 Å². The van der Waals surface area contributed by atoms with Gasteiger partial charge in [0.05, 0.1) is 11.9 Å². The smallest absolute Gasteiger partial charge is 0.174 e. The Balaban J connectivity index is 2.08. The van der Waals surface area contributed by atoms with E-state index in [1.165, 1.54) is 0 Å². The minimum absolute atomic E-state index is 0.363. The highest BCUT2D eigenvalue weighted by atomic mass is 16.5. The van der Waals surface area contributed by atoms with Crippen molar-refractivity contribution < 1.29 is 9.26 Å². The summed E-state index contributed by atoms with van der Waals surface area (Å²) in [6.45, 7) is 2.99. The van der Waals surface area contributed by atoms with E-state index in [0.717, 1.165) is 17.1 Å². The molecule has 0 unspecified atom stereocenters. The van der Waals surface area contributed by atoms with E-state index < -0.39 is 0 Å². The molecule has 0 saturated heterocycles. The molecule has 0 bridgehead atoms. The normalized spacial score (nSPS) is 10.5. The molecule has 90 valence electrons. The van der Waals surface area contributed by atoms with Crippen molar-refractivity contribution in [3.63, 3.8) is 0 Å². The van der Waals surface area contributed by atoms with Crippen molar-refractivity contribution in [1.29, 1.82) is 0 Å². The van der Waals surface area contributed by atoms with Crippen LogP contribution in [0.15, 0.2) is 28.9 Å². The van der Waals surface area contributed by atoms with Crippen LogP contribution in [-0.2, 0) is 13.2 Å². The Bertz CT molecular complexity index is 469. The molecule has 0 aliphatic rings. The number of hydrogen-bond donors (Lipinski definition) is 1. The maximum absolute atomic E-state index is 5.65. The predicted octanol–water partition coefficient (Wildman–Crippen LogP) is 1.68. The summed E-state index contributed by atoms with van der Waals surface area (Å²) in [4.78, 5) is 4.43. The van der Waals surface area contributed by atoms with Gasteiger partial charge in [0.1, 0.15) is 12.4 Å². The lowest BCUT2D eigenvalue weighted by Crippen LogP contribution is -2.10. The predicted molar refractivity (Wildman–Crippen MR) is 62.6 cm³/mol. The molecule has 5 nitrogen and oxygen atoms in total. The van der Waals surface area contributed by atoms with Crippen molar-refractivity contribution in [1.82, 2.24) is 15.5 Å². The van der Waals surface area contributed by atoms with Crippen LogP contribution < -0.4 is 10.1 Å². The maximum Gasteiger partial charge on any atom is 0.174 e. The third kappa shape index (κ3) is 3.04. The minimum Gasteiger partial charge on any atom is -0.484 e. The highest BCUT2D eigenvalue weighted by Crippen LogP contribution is 2.18. The van der Waals surface area contributed by atoms with Gasteiger partial charge in [-0.3, -0.25) is 4.98 Å². The fourth-order valence-corrected chi connectivity index (χ4v) is 1.49. The van der Waals surface area contributed by atoms with Gasteiger partial charge in [0, 0.05) is 18.3 Å². The van der Waals surface area contributed by atoms with Gasteiger partial charge in [-0.25, -0.2) is 0 Å². The topological polar surface area (TPSA) is 60.2 Å². The maximum atomic E-state index is 5.65. The SMILES string of the molecule is CNCc1nc(C)ccc1OCc1ccno1. The number of nitrogens with one attached hydrogen (secondary N) is 1. The second-order valence-corrected chi connectivity index (χ2v) is 3.70. The molecule has 0 saturated carbocycles. The van der Waals surface area contributed by atoms with Crippen LogP contribution in [0.4, 0.5) is 0 Å². The second-order valence-electron chi connectivity index (χ2n) is 3.70. The highest BCUT2D eigenvalue weighted by Gasteiger charge is 2.06. The molecule has 17 heavy (non-hydrogen) atoms. The summed E-state index contributed by atoms with van der Waals surface area (Å²) < 4.78 is 10.6. The average molecular weight is 233 g/mol. The van der Waals surface area contributed by atoms with E-state index in [9.17, 15) is 0 Å². The van der Waals surface area contributed by atoms with E-state index in [1.807, 2.05) is 26.1 Å². The molecule has 0 aliphatic heterocycles. The first-order valence-electron chi connectivity index (χ1n) is 5.43. The van der Waals surface area contributed by atoms with Crippen LogP contribution in [-0.4, -0.2) is 17.2 Å². The summed E-state index contributed by atoms with van der Waals surface area (Å²) in [5.41, 5.74) is 1.87. The average Bonchev–Trinajstić information content (AvgIpc) is 2.81. The van der Waals surface area contributed by atoms with Crippen molar-refractivity contribution in [2.24, 2.45) is 0 Å². The standard InChI is InChI=1S/C12H15N3O2/c1-9-3-4-12(11(15-9)7-13-2)16-8-10-5-6-14-17-10/h3-6,13H,7-8H2,1-2H3. The van der Waals surface area contributed by atoms with Gasteiger partial charge in [-0.15, -0.1) is 0 Å². The van der Waals surface area contributed by atoms with Gasteiger partial charge in [0.15, 0.2) is 5.76 Å². The second kappa shape index (κ2) is 5.45. The molecule has 2 heterocycles. The van der Waals surface area contributed by atoms with Gasteiger partial charge in [-0.1, -0.05) is 5.16 Å². The number of aromatic nitrogens is 2. The number of aryl methyl sites for hydroxylation is 1. The summed E-state index contributed by atoms with van der Waals surface area (Å²) in [6.07, 6.45) is 1.60. The van der Waals surface area contributed by atoms with Crippen LogP contribution >= 0.6 is 0 Å². The van der Waals surface area contributed by atoms with Crippen LogP contribution in [0.1, 0.15) is 17.1 Å². The molecule has 0 fully saturated rings. The highest BCUT2D eigenvalue weighted by molar-refractivity contribution is 5.29. The number of nitrogens with zero attached hydrogens (tertiary/aromatic N) is 2. The molecule has 5 heteroatoms. The van der Waals surface area contributed by atoms with Crippen molar-refractivity contribution >= 4 is 0 Å². The molecule has 0 spiro atoms. The van der Waals surface area contributed by atoms with E-state index in [-0.39, 0.29) is 0 Å². The molecule has 2 aromatic heterocycles. The third-order valence-corrected chi connectivity index (χ3v) is 2.28. The zero-order chi connectivity index (χ0) is 12.1. The van der Waals surface area contributed by atoms with E-state index in [0.29, 0.717) is 18.9 Å². The van der Waals surface area contributed by atoms with E-state index in [1.54, 1.807) is 12.3 Å². The lowest BCUT2D eigenvalue weighted by molar-refractivity contribution is 0.246. The van der Waals surface area contributed by atoms with Crippen LogP contribution in [0.25, 0.3) is 0 Å². The summed E-state index contributed by atoms with van der Waals surface area (Å²) in [6, 6.07) is 5.62. The van der Waals surface area contributed by atoms with Gasteiger partial charge in [-0.2, -0.15) is 0 Å². The van der Waals surface area contributed by atoms with Gasteiger partial charge in [-0.05, 0) is 26.1 Å². The fraction of sp³-hybridized carbons (Fsp3) is 0.333. The molecule has 2 aromatic rings. The largest absolute Gasteiger partial charge is 0.484 e. The number of pyridine rings is 1. The van der Waals surface area contributed by atoms with Crippen molar-refractivity contribution in [3.05, 3.63) is 41.5 Å². The van der Waals surface area contributed by atoms with E-state index in [2.05, 4.69) is 15.5 Å². The number of ether oxygens (including phenoxy) is 1. The van der Waals surface area contributed by atoms with Crippen molar-refractivity contribution in [2.45, 2.75) is 20.1 Å². The van der Waals surface area contributed by atoms with Crippen LogP contribution in [0.5, 0.6) is 5.75 Å². The minimum atomic E-state index is 0.363. The first kappa shape index (κ1) is 11.6.